The molecule has 1 heterocycles. The fraction of sp³-hybridized carbons (Fsp3) is 0.0455. The van der Waals surface area contributed by atoms with Crippen LogP contribution < -0.4 is 10.5 Å². The Morgan fingerprint density at radius 3 is 2.07 bits per heavy atom. The summed E-state index contributed by atoms with van der Waals surface area (Å²) in [6.45, 7) is 0. The Kier molecular flexibility index (Phi) is 4.49. The molecule has 3 aromatic carbocycles. The van der Waals surface area contributed by atoms with E-state index in [0.29, 0.717) is 28.0 Å². The number of anilines is 2. The summed E-state index contributed by atoms with van der Waals surface area (Å²) in [4.78, 5) is 4.86. The normalized spacial score (nSPS) is 11.5. The van der Waals surface area contributed by atoms with Crippen LogP contribution in [0.5, 0.6) is 0 Å². The van der Waals surface area contributed by atoms with Gasteiger partial charge in [-0.1, -0.05) is 60.7 Å². The Balaban J connectivity index is 2.17. The predicted octanol–water partition coefficient (Wildman–Crippen LogP) is 4.52. The van der Waals surface area contributed by atoms with E-state index < -0.39 is 10.0 Å². The van der Waals surface area contributed by atoms with Crippen molar-refractivity contribution < 1.29 is 8.42 Å². The largest absolute Gasteiger partial charge is 0.399 e. The number of nitrogens with one attached hydrogen (secondary N) is 1. The molecule has 6 heteroatoms. The second-order valence-corrected chi connectivity index (χ2v) is 8.34. The summed E-state index contributed by atoms with van der Waals surface area (Å²) in [5, 5.41) is 0.656. The molecule has 0 aliphatic heterocycles. The van der Waals surface area contributed by atoms with Crippen LogP contribution in [0.1, 0.15) is 0 Å². The Morgan fingerprint density at radius 2 is 1.46 bits per heavy atom. The molecule has 140 valence electrons. The van der Waals surface area contributed by atoms with E-state index in [4.69, 9.17) is 10.7 Å². The number of pyridine rings is 1. The van der Waals surface area contributed by atoms with E-state index in [1.54, 1.807) is 18.2 Å². The maximum atomic E-state index is 12.2. The third kappa shape index (κ3) is 3.54. The molecule has 0 atom stereocenters. The fourth-order valence-corrected chi connectivity index (χ4v) is 3.85. The van der Waals surface area contributed by atoms with Crippen molar-refractivity contribution in [3.63, 3.8) is 0 Å². The number of nitrogen functional groups attached to an aromatic ring is 1. The molecule has 0 bridgehead atoms. The number of sulfonamides is 1. The van der Waals surface area contributed by atoms with E-state index in [0.717, 1.165) is 22.9 Å². The van der Waals surface area contributed by atoms with Crippen LogP contribution in [0.2, 0.25) is 0 Å². The van der Waals surface area contributed by atoms with Gasteiger partial charge in [-0.25, -0.2) is 13.4 Å². The fourth-order valence-electron chi connectivity index (χ4n) is 3.26. The summed E-state index contributed by atoms with van der Waals surface area (Å²) in [5.41, 5.74) is 10.9. The van der Waals surface area contributed by atoms with Gasteiger partial charge in [0, 0.05) is 22.2 Å². The lowest BCUT2D eigenvalue weighted by Crippen LogP contribution is -2.12. The topological polar surface area (TPSA) is 85.1 Å². The molecule has 4 aromatic rings. The van der Waals surface area contributed by atoms with Gasteiger partial charge in [-0.15, -0.1) is 0 Å². The third-order valence-corrected chi connectivity index (χ3v) is 4.98. The molecule has 0 aliphatic carbocycles. The molecule has 4 rings (SSSR count). The minimum atomic E-state index is -3.53. The Bertz CT molecular complexity index is 1260. The zero-order chi connectivity index (χ0) is 19.7. The van der Waals surface area contributed by atoms with Crippen LogP contribution in [0.4, 0.5) is 11.4 Å². The van der Waals surface area contributed by atoms with Gasteiger partial charge in [-0.2, -0.15) is 0 Å². The number of nitrogens with two attached hydrogens (primary N) is 1. The van der Waals surface area contributed by atoms with Gasteiger partial charge in [0.25, 0.3) is 0 Å². The van der Waals surface area contributed by atoms with Crippen molar-refractivity contribution >= 4 is 32.3 Å². The van der Waals surface area contributed by atoms with Crippen LogP contribution in [-0.2, 0) is 10.0 Å². The molecule has 0 saturated heterocycles. The minimum Gasteiger partial charge on any atom is -0.399 e. The third-order valence-electron chi connectivity index (χ3n) is 4.41. The average molecular weight is 389 g/mol. The van der Waals surface area contributed by atoms with E-state index >= 15 is 0 Å². The number of nitrogens with zero attached hydrogens (tertiary/aromatic N) is 1. The van der Waals surface area contributed by atoms with Crippen LogP contribution in [0.25, 0.3) is 33.3 Å². The lowest BCUT2D eigenvalue weighted by molar-refractivity contribution is 0.607. The molecular weight excluding hydrogens is 370 g/mol. The first-order chi connectivity index (χ1) is 13.4. The van der Waals surface area contributed by atoms with Crippen molar-refractivity contribution in [1.82, 2.24) is 4.98 Å². The van der Waals surface area contributed by atoms with Crippen LogP contribution in [0.15, 0.2) is 78.9 Å². The quantitative estimate of drug-likeness (QED) is 0.503. The standard InChI is InChI=1S/C22H19N3O2S/c1-28(26,27)25-22-18-14-17(23)12-13-19(18)24-21(16-10-6-3-7-11-16)20(22)15-8-4-2-5-9-15/h2-14H,23H2,1H3,(H,24,25). The molecular formula is C22H19N3O2S. The summed E-state index contributed by atoms with van der Waals surface area (Å²) in [6, 6.07) is 24.7. The van der Waals surface area contributed by atoms with Gasteiger partial charge in [-0.05, 0) is 23.8 Å². The number of fused-ring (bicyclic) bond motifs is 1. The van der Waals surface area contributed by atoms with Gasteiger partial charge in [0.15, 0.2) is 0 Å². The van der Waals surface area contributed by atoms with Crippen LogP contribution in [-0.4, -0.2) is 19.7 Å². The van der Waals surface area contributed by atoms with Gasteiger partial charge in [0.1, 0.15) is 0 Å². The zero-order valence-corrected chi connectivity index (χ0v) is 16.1. The number of rotatable bonds is 4. The molecule has 0 unspecified atom stereocenters. The van der Waals surface area contributed by atoms with Gasteiger partial charge < -0.3 is 5.73 Å². The summed E-state index contributed by atoms with van der Waals surface area (Å²) in [6.07, 6.45) is 1.14. The predicted molar refractivity (Wildman–Crippen MR) is 115 cm³/mol. The molecule has 0 fully saturated rings. The lowest BCUT2D eigenvalue weighted by Gasteiger charge is -2.18. The van der Waals surface area contributed by atoms with Crippen LogP contribution >= 0.6 is 0 Å². The average Bonchev–Trinajstić information content (AvgIpc) is 2.68. The summed E-state index contributed by atoms with van der Waals surface area (Å²) in [7, 11) is -3.53. The molecule has 0 spiro atoms. The smallest absolute Gasteiger partial charge is 0.229 e. The van der Waals surface area contributed by atoms with E-state index in [9.17, 15) is 8.42 Å². The first kappa shape index (κ1) is 18.0. The maximum absolute atomic E-state index is 12.2. The molecule has 5 nitrogen and oxygen atoms in total. The number of aromatic nitrogens is 1. The lowest BCUT2D eigenvalue weighted by atomic mass is 9.95. The molecule has 1 aromatic heterocycles. The molecule has 28 heavy (non-hydrogen) atoms. The Hall–Kier alpha value is -3.38. The monoisotopic (exact) mass is 389 g/mol. The number of hydrogen-bond acceptors (Lipinski definition) is 4. The number of benzene rings is 3. The van der Waals surface area contributed by atoms with Gasteiger partial charge in [-0.3, -0.25) is 4.72 Å². The second kappa shape index (κ2) is 6.98. The van der Waals surface area contributed by atoms with E-state index in [2.05, 4.69) is 4.72 Å². The van der Waals surface area contributed by atoms with E-state index in [-0.39, 0.29) is 0 Å². The Morgan fingerprint density at radius 1 is 0.857 bits per heavy atom. The van der Waals surface area contributed by atoms with Crippen molar-refractivity contribution in [2.75, 3.05) is 16.7 Å². The van der Waals surface area contributed by atoms with Gasteiger partial charge in [0.2, 0.25) is 10.0 Å². The van der Waals surface area contributed by atoms with Crippen molar-refractivity contribution in [3.05, 3.63) is 78.9 Å². The summed E-state index contributed by atoms with van der Waals surface area (Å²) in [5.74, 6) is 0. The van der Waals surface area contributed by atoms with E-state index in [1.807, 2.05) is 60.7 Å². The SMILES string of the molecule is CS(=O)(=O)Nc1c(-c2ccccc2)c(-c2ccccc2)nc2ccc(N)cc12. The maximum Gasteiger partial charge on any atom is 0.229 e. The van der Waals surface area contributed by atoms with Crippen LogP contribution in [0, 0.1) is 0 Å². The first-order valence-electron chi connectivity index (χ1n) is 8.74. The van der Waals surface area contributed by atoms with Gasteiger partial charge >= 0.3 is 0 Å². The highest BCUT2D eigenvalue weighted by Crippen LogP contribution is 2.41. The highest BCUT2D eigenvalue weighted by Gasteiger charge is 2.20. The first-order valence-corrected chi connectivity index (χ1v) is 10.6. The van der Waals surface area contributed by atoms with Crippen LogP contribution in [0.3, 0.4) is 0 Å². The summed E-state index contributed by atoms with van der Waals surface area (Å²) >= 11 is 0. The zero-order valence-electron chi connectivity index (χ0n) is 15.3. The molecule has 0 aliphatic rings. The highest BCUT2D eigenvalue weighted by molar-refractivity contribution is 7.92. The Labute approximate surface area is 163 Å². The van der Waals surface area contributed by atoms with Crippen molar-refractivity contribution in [1.29, 1.82) is 0 Å². The van der Waals surface area contributed by atoms with Crippen molar-refractivity contribution in [3.8, 4) is 22.4 Å². The summed E-state index contributed by atoms with van der Waals surface area (Å²) < 4.78 is 27.1. The molecule has 0 saturated carbocycles. The van der Waals surface area contributed by atoms with Crippen molar-refractivity contribution in [2.24, 2.45) is 0 Å². The number of hydrogen-bond donors (Lipinski definition) is 2. The second-order valence-electron chi connectivity index (χ2n) is 6.59. The molecule has 3 N–H and O–H groups in total. The molecule has 0 radical (unpaired) electrons. The minimum absolute atomic E-state index is 0.477. The highest BCUT2D eigenvalue weighted by atomic mass is 32.2. The van der Waals surface area contributed by atoms with Gasteiger partial charge in [0.05, 0.1) is 23.2 Å². The molecule has 0 amide bonds. The van der Waals surface area contributed by atoms with E-state index in [1.165, 1.54) is 0 Å². The van der Waals surface area contributed by atoms with Crippen molar-refractivity contribution in [2.45, 2.75) is 0 Å².